The summed E-state index contributed by atoms with van der Waals surface area (Å²) in [5, 5.41) is 21.9. The number of aromatic amines is 2. The summed E-state index contributed by atoms with van der Waals surface area (Å²) >= 11 is 6.47. The third-order valence-electron chi connectivity index (χ3n) is 5.73. The first-order valence-electron chi connectivity index (χ1n) is 10.5. The van der Waals surface area contributed by atoms with E-state index in [4.69, 9.17) is 16.9 Å². The van der Waals surface area contributed by atoms with Crippen molar-refractivity contribution in [2.24, 2.45) is 0 Å². The lowest BCUT2D eigenvalue weighted by Crippen LogP contribution is -2.04. The molecule has 2 N–H and O–H groups in total. The molecule has 6 rings (SSSR count). The van der Waals surface area contributed by atoms with Crippen LogP contribution in [0.5, 0.6) is 0 Å². The average Bonchev–Trinajstić information content (AvgIpc) is 3.55. The van der Waals surface area contributed by atoms with Gasteiger partial charge in [0.25, 0.3) is 0 Å². The van der Waals surface area contributed by atoms with Gasteiger partial charge in [-0.2, -0.15) is 10.4 Å². The van der Waals surface area contributed by atoms with Crippen molar-refractivity contribution in [1.82, 2.24) is 34.7 Å². The Morgan fingerprint density at radius 3 is 2.66 bits per heavy atom. The highest BCUT2D eigenvalue weighted by molar-refractivity contribution is 6.33. The molecule has 170 valence electrons. The van der Waals surface area contributed by atoms with Gasteiger partial charge < -0.3 is 9.97 Å². The maximum atomic E-state index is 15.1. The molecule has 0 aliphatic rings. The number of hydrogen-bond acceptors (Lipinski definition) is 5. The second-order valence-electron chi connectivity index (χ2n) is 7.94. The molecule has 0 saturated carbocycles. The number of hydrogen-bond donors (Lipinski definition) is 2. The molecule has 0 bridgehead atoms. The Kier molecular flexibility index (Phi) is 4.72. The Balaban J connectivity index is 1.46. The first-order chi connectivity index (χ1) is 17.0. The Morgan fingerprint density at radius 2 is 1.86 bits per heavy atom. The Labute approximate surface area is 201 Å². The number of imidazole rings is 1. The van der Waals surface area contributed by atoms with Gasteiger partial charge >= 0.3 is 5.69 Å². The van der Waals surface area contributed by atoms with Crippen LogP contribution in [0.1, 0.15) is 11.1 Å². The molecule has 0 aliphatic carbocycles. The maximum absolute atomic E-state index is 15.1. The van der Waals surface area contributed by atoms with E-state index in [0.29, 0.717) is 50.6 Å². The van der Waals surface area contributed by atoms with E-state index >= 15 is 4.39 Å². The summed E-state index contributed by atoms with van der Waals surface area (Å²) in [6, 6.07) is 17.5. The fourth-order valence-corrected chi connectivity index (χ4v) is 4.34. The van der Waals surface area contributed by atoms with Crippen LogP contribution in [0.3, 0.4) is 0 Å². The fourth-order valence-electron chi connectivity index (χ4n) is 4.09. The van der Waals surface area contributed by atoms with E-state index in [9.17, 15) is 4.79 Å². The van der Waals surface area contributed by atoms with Crippen LogP contribution in [-0.2, 0) is 6.54 Å². The minimum absolute atomic E-state index is 0.102. The summed E-state index contributed by atoms with van der Waals surface area (Å²) in [6.07, 6.45) is 1.51. The fraction of sp³-hybridized carbons (Fsp3) is 0.0417. The van der Waals surface area contributed by atoms with E-state index < -0.39 is 5.82 Å². The van der Waals surface area contributed by atoms with Crippen LogP contribution >= 0.6 is 11.6 Å². The molecule has 0 atom stereocenters. The van der Waals surface area contributed by atoms with Crippen molar-refractivity contribution in [3.05, 3.63) is 93.2 Å². The third kappa shape index (κ3) is 3.55. The lowest BCUT2D eigenvalue weighted by molar-refractivity contribution is 0.635. The van der Waals surface area contributed by atoms with Gasteiger partial charge in [-0.05, 0) is 48.0 Å². The van der Waals surface area contributed by atoms with Gasteiger partial charge in [-0.3, -0.25) is 4.68 Å². The van der Waals surface area contributed by atoms with Crippen LogP contribution in [0.15, 0.2) is 65.6 Å². The summed E-state index contributed by atoms with van der Waals surface area (Å²) < 4.78 is 18.3. The highest BCUT2D eigenvalue weighted by atomic mass is 35.5. The Bertz CT molecular complexity index is 1840. The number of nitrogens with zero attached hydrogens (tertiary/aromatic N) is 6. The van der Waals surface area contributed by atoms with Crippen molar-refractivity contribution >= 4 is 33.7 Å². The number of nitriles is 1. The van der Waals surface area contributed by atoms with Crippen molar-refractivity contribution < 1.29 is 4.39 Å². The molecule has 6 aromatic rings. The molecule has 11 heteroatoms. The molecule has 0 radical (unpaired) electrons. The first-order valence-corrected chi connectivity index (χ1v) is 10.9. The van der Waals surface area contributed by atoms with E-state index in [1.807, 2.05) is 12.1 Å². The van der Waals surface area contributed by atoms with Gasteiger partial charge in [0.05, 0.1) is 57.3 Å². The maximum Gasteiger partial charge on any atom is 0.323 e. The summed E-state index contributed by atoms with van der Waals surface area (Å²) in [7, 11) is 0. The first kappa shape index (κ1) is 20.8. The average molecular weight is 485 g/mol. The van der Waals surface area contributed by atoms with Gasteiger partial charge in [-0.25, -0.2) is 13.9 Å². The largest absolute Gasteiger partial charge is 0.323 e. The molecule has 0 unspecified atom stereocenters. The Hall–Kier alpha value is -4.75. The minimum atomic E-state index is -0.554. The molecule has 9 nitrogen and oxygen atoms in total. The topological polar surface area (TPSA) is 121 Å². The second-order valence-corrected chi connectivity index (χ2v) is 8.35. The van der Waals surface area contributed by atoms with Crippen molar-refractivity contribution in [2.75, 3.05) is 0 Å². The summed E-state index contributed by atoms with van der Waals surface area (Å²) in [4.78, 5) is 17.0. The van der Waals surface area contributed by atoms with Gasteiger partial charge in [-0.15, -0.1) is 5.10 Å². The van der Waals surface area contributed by atoms with Crippen LogP contribution in [0.4, 0.5) is 4.39 Å². The lowest BCUT2D eigenvalue weighted by atomic mass is 10.1. The molecule has 3 aromatic carbocycles. The van der Waals surface area contributed by atoms with Crippen LogP contribution in [-0.4, -0.2) is 34.7 Å². The molecule has 3 heterocycles. The summed E-state index contributed by atoms with van der Waals surface area (Å²) in [5.74, 6) is -0.554. The highest BCUT2D eigenvalue weighted by Gasteiger charge is 2.18. The molecule has 0 aliphatic heterocycles. The molecule has 35 heavy (non-hydrogen) atoms. The van der Waals surface area contributed by atoms with Crippen molar-refractivity contribution in [1.29, 1.82) is 5.26 Å². The number of rotatable bonds is 4. The zero-order valence-corrected chi connectivity index (χ0v) is 18.6. The predicted molar refractivity (Wildman–Crippen MR) is 128 cm³/mol. The van der Waals surface area contributed by atoms with E-state index in [2.05, 4.69) is 31.4 Å². The molecule has 3 aromatic heterocycles. The molecule has 0 spiro atoms. The molecule has 0 amide bonds. The number of fused-ring (bicyclic) bond motifs is 2. The molecular weight excluding hydrogens is 471 g/mol. The normalized spacial score (nSPS) is 11.3. The zero-order chi connectivity index (χ0) is 24.1. The summed E-state index contributed by atoms with van der Waals surface area (Å²) in [5.41, 5.74) is 4.56. The number of aromatic nitrogens is 7. The van der Waals surface area contributed by atoms with Crippen molar-refractivity contribution in [2.45, 2.75) is 6.54 Å². The van der Waals surface area contributed by atoms with Crippen LogP contribution in [0, 0.1) is 17.1 Å². The second kappa shape index (κ2) is 7.93. The Morgan fingerprint density at radius 1 is 1.06 bits per heavy atom. The van der Waals surface area contributed by atoms with E-state index in [0.717, 1.165) is 5.56 Å². The predicted octanol–water partition coefficient (Wildman–Crippen LogP) is 4.17. The van der Waals surface area contributed by atoms with Crippen molar-refractivity contribution in [3.63, 3.8) is 0 Å². The molecule has 0 fully saturated rings. The monoisotopic (exact) mass is 484 g/mol. The van der Waals surface area contributed by atoms with Gasteiger partial charge in [0.15, 0.2) is 5.82 Å². The minimum Gasteiger partial charge on any atom is -0.306 e. The van der Waals surface area contributed by atoms with E-state index in [1.54, 1.807) is 41.1 Å². The van der Waals surface area contributed by atoms with Crippen LogP contribution < -0.4 is 5.69 Å². The van der Waals surface area contributed by atoms with Crippen LogP contribution in [0.2, 0.25) is 5.02 Å². The lowest BCUT2D eigenvalue weighted by Gasteiger charge is -2.10. The van der Waals surface area contributed by atoms with Gasteiger partial charge in [-0.1, -0.05) is 28.9 Å². The molecule has 0 saturated heterocycles. The molecular formula is C24H14ClFN8O. The highest BCUT2D eigenvalue weighted by Crippen LogP contribution is 2.32. The van der Waals surface area contributed by atoms with Gasteiger partial charge in [0.1, 0.15) is 5.52 Å². The van der Waals surface area contributed by atoms with Gasteiger partial charge in [0, 0.05) is 5.56 Å². The SMILES string of the molecule is N#Cc1ccc(Cn2ncc(Cl)c2-c2cc(F)c3nnn(-c4ccc5[nH]c(=O)[nH]c5c4)c3c2)cc1. The number of halogens is 2. The number of H-pyrrole nitrogens is 2. The third-order valence-corrected chi connectivity index (χ3v) is 6.01. The van der Waals surface area contributed by atoms with Crippen molar-refractivity contribution in [3.8, 4) is 23.0 Å². The standard InChI is InChI=1S/C24H14ClFN8O/c25-17-11-28-33(12-14-3-1-13(10-27)2-4-14)23(17)15-7-18(26)22-21(8-15)34(32-31-22)16-5-6-19-20(9-16)30-24(35)29-19/h1-9,11H,12H2,(H2,29,30,35). The quantitative estimate of drug-likeness (QED) is 0.389. The number of benzene rings is 3. The zero-order valence-electron chi connectivity index (χ0n) is 17.8. The van der Waals surface area contributed by atoms with E-state index in [1.165, 1.54) is 16.9 Å². The summed E-state index contributed by atoms with van der Waals surface area (Å²) in [6.45, 7) is 0.377. The van der Waals surface area contributed by atoms with Gasteiger partial charge in [0.2, 0.25) is 0 Å². The van der Waals surface area contributed by atoms with E-state index in [-0.39, 0.29) is 11.2 Å². The van der Waals surface area contributed by atoms with Crippen LogP contribution in [0.25, 0.3) is 39.0 Å². The smallest absolute Gasteiger partial charge is 0.306 e. The number of nitrogens with one attached hydrogen (secondary N) is 2.